The molecule has 1 fully saturated rings. The molecule has 0 saturated carbocycles. The lowest BCUT2D eigenvalue weighted by molar-refractivity contribution is -0.115. The largest absolute Gasteiger partial charge is 0.444 e. The highest BCUT2D eigenvalue weighted by molar-refractivity contribution is 9.10. The van der Waals surface area contributed by atoms with Crippen LogP contribution in [0, 0.1) is 5.82 Å². The molecule has 2 heterocycles. The Kier molecular flexibility index (Phi) is 6.36. The number of benzene rings is 2. The predicted octanol–water partition coefficient (Wildman–Crippen LogP) is 5.21. The molecule has 0 atom stereocenters. The van der Waals surface area contributed by atoms with Gasteiger partial charge < -0.3 is 20.0 Å². The Labute approximate surface area is 187 Å². The molecule has 2 aromatic carbocycles. The van der Waals surface area contributed by atoms with Gasteiger partial charge in [0.2, 0.25) is 5.91 Å². The van der Waals surface area contributed by atoms with Crippen molar-refractivity contribution in [2.75, 3.05) is 28.6 Å². The maximum atomic E-state index is 14.4. The number of rotatable bonds is 6. The second-order valence-corrected chi connectivity index (χ2v) is 8.12. The van der Waals surface area contributed by atoms with Crippen molar-refractivity contribution in [2.45, 2.75) is 19.3 Å². The molecule has 160 valence electrons. The standard InChI is InChI=1S/C23H21BrFN3O3/c24-21-10-9-20(31-21)23(30)27-16-5-3-15(4-6-16)13-22(29)26-17-7-8-19(18(25)14-17)28-11-1-2-12-28/h3-10,14H,1-2,11-13H2,(H,26,29)(H,27,30). The van der Waals surface area contributed by atoms with Gasteiger partial charge in [0.1, 0.15) is 5.82 Å². The van der Waals surface area contributed by atoms with Gasteiger partial charge in [-0.2, -0.15) is 0 Å². The molecule has 1 saturated heterocycles. The van der Waals surface area contributed by atoms with E-state index in [0.717, 1.165) is 31.5 Å². The fraction of sp³-hybridized carbons (Fsp3) is 0.217. The molecular weight excluding hydrogens is 465 g/mol. The Morgan fingerprint density at radius 2 is 1.68 bits per heavy atom. The van der Waals surface area contributed by atoms with Crippen LogP contribution >= 0.6 is 15.9 Å². The van der Waals surface area contributed by atoms with Crippen molar-refractivity contribution >= 4 is 44.8 Å². The van der Waals surface area contributed by atoms with E-state index < -0.39 is 0 Å². The quantitative estimate of drug-likeness (QED) is 0.502. The van der Waals surface area contributed by atoms with Crippen molar-refractivity contribution < 1.29 is 18.4 Å². The Hall–Kier alpha value is -3.13. The molecule has 1 aliphatic heterocycles. The number of furan rings is 1. The molecule has 31 heavy (non-hydrogen) atoms. The summed E-state index contributed by atoms with van der Waals surface area (Å²) in [6, 6.07) is 14.9. The first kappa shape index (κ1) is 21.1. The molecule has 6 nitrogen and oxygen atoms in total. The number of nitrogens with one attached hydrogen (secondary N) is 2. The van der Waals surface area contributed by atoms with Gasteiger partial charge in [0, 0.05) is 24.5 Å². The van der Waals surface area contributed by atoms with Crippen molar-refractivity contribution in [2.24, 2.45) is 0 Å². The first-order chi connectivity index (χ1) is 15.0. The molecule has 1 aliphatic rings. The molecule has 2 amide bonds. The Morgan fingerprint density at radius 1 is 0.968 bits per heavy atom. The van der Waals surface area contributed by atoms with Crippen LogP contribution in [0.2, 0.25) is 0 Å². The summed E-state index contributed by atoms with van der Waals surface area (Å²) in [5, 5.41) is 5.46. The lowest BCUT2D eigenvalue weighted by Crippen LogP contribution is -2.19. The molecule has 8 heteroatoms. The topological polar surface area (TPSA) is 74.6 Å². The number of amides is 2. The average Bonchev–Trinajstić information content (AvgIpc) is 3.41. The SMILES string of the molecule is O=C(Cc1ccc(NC(=O)c2ccc(Br)o2)cc1)Nc1ccc(N2CCCC2)c(F)c1. The van der Waals surface area contributed by atoms with Gasteiger partial charge in [0.25, 0.3) is 5.91 Å². The van der Waals surface area contributed by atoms with Crippen LogP contribution in [-0.4, -0.2) is 24.9 Å². The summed E-state index contributed by atoms with van der Waals surface area (Å²) in [5.74, 6) is -0.747. The summed E-state index contributed by atoms with van der Waals surface area (Å²) in [7, 11) is 0. The smallest absolute Gasteiger partial charge is 0.291 e. The molecule has 4 rings (SSSR count). The van der Waals surface area contributed by atoms with Gasteiger partial charge in [-0.1, -0.05) is 12.1 Å². The Balaban J connectivity index is 1.32. The van der Waals surface area contributed by atoms with Crippen LogP contribution in [0.5, 0.6) is 0 Å². The van der Waals surface area contributed by atoms with Crippen molar-refractivity contribution in [1.29, 1.82) is 0 Å². The van der Waals surface area contributed by atoms with Gasteiger partial charge in [-0.15, -0.1) is 0 Å². The molecule has 0 bridgehead atoms. The Morgan fingerprint density at radius 3 is 2.32 bits per heavy atom. The third-order valence-corrected chi connectivity index (χ3v) is 5.48. The second-order valence-electron chi connectivity index (χ2n) is 7.34. The van der Waals surface area contributed by atoms with Crippen molar-refractivity contribution in [3.63, 3.8) is 0 Å². The highest BCUT2D eigenvalue weighted by atomic mass is 79.9. The van der Waals surface area contributed by atoms with E-state index in [9.17, 15) is 14.0 Å². The van der Waals surface area contributed by atoms with E-state index in [1.165, 1.54) is 6.07 Å². The fourth-order valence-electron chi connectivity index (χ4n) is 3.52. The molecule has 0 radical (unpaired) electrons. The maximum absolute atomic E-state index is 14.4. The molecule has 2 N–H and O–H groups in total. The van der Waals surface area contributed by atoms with Gasteiger partial charge in [-0.3, -0.25) is 9.59 Å². The third-order valence-electron chi connectivity index (χ3n) is 5.05. The summed E-state index contributed by atoms with van der Waals surface area (Å²) in [4.78, 5) is 26.5. The lowest BCUT2D eigenvalue weighted by atomic mass is 10.1. The maximum Gasteiger partial charge on any atom is 0.291 e. The number of nitrogens with zero attached hydrogens (tertiary/aromatic N) is 1. The minimum atomic E-state index is -0.365. The first-order valence-corrected chi connectivity index (χ1v) is 10.8. The van der Waals surface area contributed by atoms with E-state index >= 15 is 0 Å². The zero-order chi connectivity index (χ0) is 21.8. The number of hydrogen-bond acceptors (Lipinski definition) is 4. The van der Waals surface area contributed by atoms with Gasteiger partial charge >= 0.3 is 0 Å². The number of carbonyl (C=O) groups excluding carboxylic acids is 2. The van der Waals surface area contributed by atoms with Crippen LogP contribution in [0.15, 0.2) is 63.7 Å². The molecule has 0 aliphatic carbocycles. The van der Waals surface area contributed by atoms with E-state index in [-0.39, 0.29) is 29.8 Å². The van der Waals surface area contributed by atoms with E-state index in [2.05, 4.69) is 26.6 Å². The molecule has 1 aromatic heterocycles. The van der Waals surface area contributed by atoms with E-state index in [1.54, 1.807) is 48.5 Å². The third kappa shape index (κ3) is 5.32. The van der Waals surface area contributed by atoms with Crippen LogP contribution in [0.4, 0.5) is 21.5 Å². The van der Waals surface area contributed by atoms with E-state index in [1.807, 2.05) is 4.90 Å². The number of hydrogen-bond donors (Lipinski definition) is 2. The number of carbonyl (C=O) groups is 2. The van der Waals surface area contributed by atoms with Crippen molar-refractivity contribution in [3.05, 3.63) is 76.4 Å². The van der Waals surface area contributed by atoms with Crippen LogP contribution in [0.25, 0.3) is 0 Å². The minimum Gasteiger partial charge on any atom is -0.444 e. The normalized spacial score (nSPS) is 13.3. The van der Waals surface area contributed by atoms with E-state index in [4.69, 9.17) is 4.42 Å². The molecule has 0 spiro atoms. The van der Waals surface area contributed by atoms with Gasteiger partial charge in [-0.25, -0.2) is 4.39 Å². The van der Waals surface area contributed by atoms with Crippen LogP contribution in [-0.2, 0) is 11.2 Å². The minimum absolute atomic E-state index is 0.134. The van der Waals surface area contributed by atoms with Gasteiger partial charge in [-0.05, 0) is 76.8 Å². The summed E-state index contributed by atoms with van der Waals surface area (Å²) < 4.78 is 20.1. The predicted molar refractivity (Wildman–Crippen MR) is 121 cm³/mol. The lowest BCUT2D eigenvalue weighted by Gasteiger charge is -2.18. The molecular formula is C23H21BrFN3O3. The van der Waals surface area contributed by atoms with Crippen LogP contribution < -0.4 is 15.5 Å². The number of anilines is 3. The molecule has 0 unspecified atom stereocenters. The van der Waals surface area contributed by atoms with Crippen LogP contribution in [0.3, 0.4) is 0 Å². The van der Waals surface area contributed by atoms with E-state index in [0.29, 0.717) is 21.7 Å². The molecule has 3 aromatic rings. The van der Waals surface area contributed by atoms with Crippen molar-refractivity contribution in [3.8, 4) is 0 Å². The van der Waals surface area contributed by atoms with Gasteiger partial charge in [0.05, 0.1) is 12.1 Å². The summed E-state index contributed by atoms with van der Waals surface area (Å²) in [5.41, 5.74) is 2.36. The second kappa shape index (κ2) is 9.34. The number of halogens is 2. The average molecular weight is 486 g/mol. The summed E-state index contributed by atoms with van der Waals surface area (Å²) >= 11 is 3.16. The van der Waals surface area contributed by atoms with Crippen LogP contribution in [0.1, 0.15) is 29.0 Å². The zero-order valence-corrected chi connectivity index (χ0v) is 18.2. The van der Waals surface area contributed by atoms with Crippen molar-refractivity contribution in [1.82, 2.24) is 0 Å². The summed E-state index contributed by atoms with van der Waals surface area (Å²) in [6.45, 7) is 1.72. The monoisotopic (exact) mass is 485 g/mol. The highest BCUT2D eigenvalue weighted by Gasteiger charge is 2.17. The first-order valence-electron chi connectivity index (χ1n) is 9.98. The fourth-order valence-corrected chi connectivity index (χ4v) is 3.83. The summed E-state index contributed by atoms with van der Waals surface area (Å²) in [6.07, 6.45) is 2.27. The Bertz CT molecular complexity index is 1090. The highest BCUT2D eigenvalue weighted by Crippen LogP contribution is 2.26. The zero-order valence-electron chi connectivity index (χ0n) is 16.7. The van der Waals surface area contributed by atoms with Gasteiger partial charge in [0.15, 0.2) is 10.4 Å².